The fraction of sp³-hybridized carbons (Fsp3) is 0.667. The molecule has 0 amide bonds. The minimum atomic E-state index is -0.353. The van der Waals surface area contributed by atoms with Crippen LogP contribution >= 0.6 is 0 Å². The number of aromatic nitrogens is 2. The molecule has 1 rings (SSSR count). The Balaban J connectivity index is 2.22. The van der Waals surface area contributed by atoms with Crippen molar-refractivity contribution in [3.05, 3.63) is 5.69 Å². The lowest BCUT2D eigenvalue weighted by atomic mass is 10.3. The number of hydrogen-bond donors (Lipinski definition) is 1. The number of esters is 1. The van der Waals surface area contributed by atoms with E-state index in [1.807, 2.05) is 0 Å². The van der Waals surface area contributed by atoms with E-state index in [-0.39, 0.29) is 18.2 Å². The van der Waals surface area contributed by atoms with Crippen LogP contribution in [0.1, 0.15) is 31.9 Å². The van der Waals surface area contributed by atoms with Crippen molar-refractivity contribution < 1.29 is 14.2 Å². The van der Waals surface area contributed by atoms with Crippen LogP contribution < -0.4 is 5.73 Å². The van der Waals surface area contributed by atoms with Crippen molar-refractivity contribution in [3.8, 4) is 0 Å². The van der Waals surface area contributed by atoms with E-state index in [0.717, 1.165) is 19.3 Å². The Morgan fingerprint density at radius 3 is 2.87 bits per heavy atom. The minimum Gasteiger partial charge on any atom is -0.465 e. The summed E-state index contributed by atoms with van der Waals surface area (Å²) in [5.41, 5.74) is 5.72. The SMILES string of the molecule is CCCCCOC(=O)Cc1nonc1N. The van der Waals surface area contributed by atoms with Gasteiger partial charge in [-0.15, -0.1) is 0 Å². The summed E-state index contributed by atoms with van der Waals surface area (Å²) in [5, 5.41) is 6.85. The number of nitrogens with zero attached hydrogens (tertiary/aromatic N) is 2. The zero-order valence-corrected chi connectivity index (χ0v) is 8.73. The largest absolute Gasteiger partial charge is 0.465 e. The lowest BCUT2D eigenvalue weighted by molar-refractivity contribution is -0.143. The average molecular weight is 213 g/mol. The molecule has 1 aromatic heterocycles. The zero-order valence-electron chi connectivity index (χ0n) is 8.73. The van der Waals surface area contributed by atoms with Gasteiger partial charge in [-0.1, -0.05) is 24.9 Å². The molecule has 0 aliphatic carbocycles. The van der Waals surface area contributed by atoms with Gasteiger partial charge in [0.15, 0.2) is 5.82 Å². The third-order valence-corrected chi connectivity index (χ3v) is 1.91. The number of carbonyl (C=O) groups excluding carboxylic acids is 1. The molecule has 6 nitrogen and oxygen atoms in total. The van der Waals surface area contributed by atoms with Crippen LogP contribution in [0.2, 0.25) is 0 Å². The van der Waals surface area contributed by atoms with E-state index in [4.69, 9.17) is 10.5 Å². The summed E-state index contributed by atoms with van der Waals surface area (Å²) >= 11 is 0. The molecular weight excluding hydrogens is 198 g/mol. The van der Waals surface area contributed by atoms with Crippen LogP contribution in [0.25, 0.3) is 0 Å². The van der Waals surface area contributed by atoms with Gasteiger partial charge in [0, 0.05) is 0 Å². The quantitative estimate of drug-likeness (QED) is 0.558. The Morgan fingerprint density at radius 1 is 1.47 bits per heavy atom. The van der Waals surface area contributed by atoms with Crippen LogP contribution in [0.5, 0.6) is 0 Å². The third-order valence-electron chi connectivity index (χ3n) is 1.91. The van der Waals surface area contributed by atoms with E-state index in [9.17, 15) is 4.79 Å². The first-order valence-corrected chi connectivity index (χ1v) is 4.96. The van der Waals surface area contributed by atoms with E-state index in [2.05, 4.69) is 21.9 Å². The van der Waals surface area contributed by atoms with Crippen LogP contribution in [-0.2, 0) is 16.0 Å². The molecule has 0 unspecified atom stereocenters. The van der Waals surface area contributed by atoms with Crippen molar-refractivity contribution >= 4 is 11.8 Å². The zero-order chi connectivity index (χ0) is 11.1. The van der Waals surface area contributed by atoms with Crippen molar-refractivity contribution in [1.29, 1.82) is 0 Å². The monoisotopic (exact) mass is 213 g/mol. The van der Waals surface area contributed by atoms with Crippen molar-refractivity contribution in [2.24, 2.45) is 0 Å². The number of unbranched alkanes of at least 4 members (excludes halogenated alkanes) is 2. The molecule has 1 aromatic rings. The van der Waals surface area contributed by atoms with Gasteiger partial charge in [-0.3, -0.25) is 4.79 Å². The second-order valence-corrected chi connectivity index (χ2v) is 3.20. The number of ether oxygens (including phenoxy) is 1. The molecule has 0 bridgehead atoms. The molecular formula is C9H15N3O3. The van der Waals surface area contributed by atoms with Crippen molar-refractivity contribution in [2.75, 3.05) is 12.3 Å². The van der Waals surface area contributed by atoms with Gasteiger partial charge >= 0.3 is 5.97 Å². The second kappa shape index (κ2) is 6.00. The van der Waals surface area contributed by atoms with Crippen LogP contribution in [-0.4, -0.2) is 22.9 Å². The molecule has 1 heterocycles. The molecule has 0 spiro atoms. The lowest BCUT2D eigenvalue weighted by Crippen LogP contribution is -2.10. The van der Waals surface area contributed by atoms with Gasteiger partial charge in [0.1, 0.15) is 5.69 Å². The van der Waals surface area contributed by atoms with Gasteiger partial charge in [-0.2, -0.15) is 0 Å². The molecule has 15 heavy (non-hydrogen) atoms. The molecule has 0 saturated heterocycles. The summed E-state index contributed by atoms with van der Waals surface area (Å²) in [6, 6.07) is 0. The van der Waals surface area contributed by atoms with Gasteiger partial charge in [0.25, 0.3) is 0 Å². The maximum Gasteiger partial charge on any atom is 0.312 e. The fourth-order valence-corrected chi connectivity index (χ4v) is 1.06. The first kappa shape index (κ1) is 11.5. The predicted octanol–water partition coefficient (Wildman–Crippen LogP) is 0.928. The summed E-state index contributed by atoms with van der Waals surface area (Å²) in [6.45, 7) is 2.53. The highest BCUT2D eigenvalue weighted by molar-refractivity contribution is 5.73. The Morgan fingerprint density at radius 2 is 2.27 bits per heavy atom. The molecule has 0 atom stereocenters. The maximum absolute atomic E-state index is 11.2. The summed E-state index contributed by atoms with van der Waals surface area (Å²) in [7, 11) is 0. The fourth-order valence-electron chi connectivity index (χ4n) is 1.06. The first-order chi connectivity index (χ1) is 7.24. The van der Waals surface area contributed by atoms with Crippen molar-refractivity contribution in [3.63, 3.8) is 0 Å². The van der Waals surface area contributed by atoms with E-state index in [1.165, 1.54) is 0 Å². The first-order valence-electron chi connectivity index (χ1n) is 4.96. The maximum atomic E-state index is 11.2. The van der Waals surface area contributed by atoms with Gasteiger partial charge in [-0.05, 0) is 11.6 Å². The smallest absolute Gasteiger partial charge is 0.312 e. The summed E-state index contributed by atoms with van der Waals surface area (Å²) in [4.78, 5) is 11.2. The summed E-state index contributed by atoms with van der Waals surface area (Å²) < 4.78 is 9.32. The minimum absolute atomic E-state index is 0.0153. The number of rotatable bonds is 6. The molecule has 2 N–H and O–H groups in total. The van der Waals surface area contributed by atoms with E-state index < -0.39 is 0 Å². The average Bonchev–Trinajstić information content (AvgIpc) is 2.59. The van der Waals surface area contributed by atoms with Gasteiger partial charge in [0.2, 0.25) is 0 Å². The highest BCUT2D eigenvalue weighted by atomic mass is 16.6. The highest BCUT2D eigenvalue weighted by Crippen LogP contribution is 2.05. The van der Waals surface area contributed by atoms with Crippen molar-refractivity contribution in [1.82, 2.24) is 10.3 Å². The Kier molecular flexibility index (Phi) is 4.59. The molecule has 0 radical (unpaired) electrons. The topological polar surface area (TPSA) is 91.2 Å². The Labute approximate surface area is 87.7 Å². The summed E-state index contributed by atoms with van der Waals surface area (Å²) in [6.07, 6.45) is 3.05. The van der Waals surface area contributed by atoms with Crippen LogP contribution in [0, 0.1) is 0 Å². The summed E-state index contributed by atoms with van der Waals surface area (Å²) in [5.74, 6) is -0.214. The Hall–Kier alpha value is -1.59. The highest BCUT2D eigenvalue weighted by Gasteiger charge is 2.12. The molecule has 0 fully saturated rings. The van der Waals surface area contributed by atoms with Gasteiger partial charge in [-0.25, -0.2) is 4.63 Å². The molecule has 0 aromatic carbocycles. The molecule has 0 aliphatic rings. The van der Waals surface area contributed by atoms with Gasteiger partial charge < -0.3 is 10.5 Å². The van der Waals surface area contributed by atoms with E-state index >= 15 is 0 Å². The van der Waals surface area contributed by atoms with E-state index in [1.54, 1.807) is 0 Å². The molecule has 0 saturated carbocycles. The van der Waals surface area contributed by atoms with Gasteiger partial charge in [0.05, 0.1) is 13.0 Å². The van der Waals surface area contributed by atoms with Crippen LogP contribution in [0.3, 0.4) is 0 Å². The predicted molar refractivity (Wildman–Crippen MR) is 52.9 cm³/mol. The normalized spacial score (nSPS) is 10.2. The van der Waals surface area contributed by atoms with Crippen LogP contribution in [0.4, 0.5) is 5.82 Å². The molecule has 6 heteroatoms. The van der Waals surface area contributed by atoms with Crippen molar-refractivity contribution in [2.45, 2.75) is 32.6 Å². The number of nitrogen functional groups attached to an aromatic ring is 1. The number of anilines is 1. The molecule has 84 valence electrons. The van der Waals surface area contributed by atoms with Crippen LogP contribution in [0.15, 0.2) is 4.63 Å². The number of nitrogens with two attached hydrogens (primary N) is 1. The number of hydrogen-bond acceptors (Lipinski definition) is 6. The Bertz CT molecular complexity index is 311. The second-order valence-electron chi connectivity index (χ2n) is 3.20. The number of carbonyl (C=O) groups is 1. The third kappa shape index (κ3) is 3.97. The molecule has 0 aliphatic heterocycles. The standard InChI is InChI=1S/C9H15N3O3/c1-2-3-4-5-14-8(13)6-7-9(10)12-15-11-7/h2-6H2,1H3,(H2,10,12). The van der Waals surface area contributed by atoms with E-state index in [0.29, 0.717) is 12.3 Å². The lowest BCUT2D eigenvalue weighted by Gasteiger charge is -2.02.